The molecule has 0 aliphatic carbocycles. The molecule has 25 heavy (non-hydrogen) atoms. The minimum absolute atomic E-state index is 0.102. The van der Waals surface area contributed by atoms with E-state index in [2.05, 4.69) is 0 Å². The fourth-order valence-electron chi connectivity index (χ4n) is 1.40. The quantitative estimate of drug-likeness (QED) is 0.279. The summed E-state index contributed by atoms with van der Waals surface area (Å²) >= 11 is -4.47. The number of hydrogen-bond acceptors (Lipinski definition) is 8. The molecule has 0 aliphatic heterocycles. The fraction of sp³-hybridized carbons (Fsp3) is 1.00. The molecule has 0 spiro atoms. The number of ether oxygens (including phenoxy) is 4. The zero-order valence-corrected chi connectivity index (χ0v) is 20.5. The van der Waals surface area contributed by atoms with Gasteiger partial charge < -0.3 is 0 Å². The molecule has 152 valence electrons. The van der Waals surface area contributed by atoms with Gasteiger partial charge in [-0.25, -0.2) is 0 Å². The first-order valence-corrected chi connectivity index (χ1v) is 14.4. The third-order valence-corrected chi connectivity index (χ3v) is 11.1. The van der Waals surface area contributed by atoms with Crippen LogP contribution in [0.25, 0.3) is 0 Å². The van der Waals surface area contributed by atoms with E-state index in [1.54, 1.807) is 28.4 Å². The molecule has 0 rings (SSSR count). The molecule has 0 saturated carbocycles. The van der Waals surface area contributed by atoms with Crippen molar-refractivity contribution in [2.75, 3.05) is 54.9 Å². The Morgan fingerprint density at radius 3 is 0.840 bits per heavy atom. The Balaban J connectivity index is 5.11. The van der Waals surface area contributed by atoms with Crippen molar-refractivity contribution in [2.45, 2.75) is 52.1 Å². The van der Waals surface area contributed by atoms with Gasteiger partial charge in [-0.3, -0.25) is 0 Å². The Morgan fingerprint density at radius 1 is 0.480 bits per heavy atom. The van der Waals surface area contributed by atoms with E-state index in [1.165, 1.54) is 0 Å². The molecule has 0 aromatic carbocycles. The SMILES string of the molecule is COC(C)C[O][Hf]([O]CC(C)OC)([O]CC(C)OC)[O]CC(C)OC. The van der Waals surface area contributed by atoms with Crippen molar-refractivity contribution in [3.8, 4) is 0 Å². The summed E-state index contributed by atoms with van der Waals surface area (Å²) in [6.45, 7) is 8.92. The van der Waals surface area contributed by atoms with E-state index >= 15 is 0 Å². The van der Waals surface area contributed by atoms with Gasteiger partial charge in [0.05, 0.1) is 0 Å². The predicted octanol–water partition coefficient (Wildman–Crippen LogP) is 2.01. The molecule has 0 N–H and O–H groups in total. The molecule has 0 aliphatic rings. The average Bonchev–Trinajstić information content (AvgIpc) is 2.65. The van der Waals surface area contributed by atoms with Crippen LogP contribution in [0.1, 0.15) is 27.7 Å². The van der Waals surface area contributed by atoms with Crippen LogP contribution in [0.3, 0.4) is 0 Å². The molecule has 0 aromatic heterocycles. The normalized spacial score (nSPS) is 19.2. The summed E-state index contributed by atoms with van der Waals surface area (Å²) in [5.74, 6) is 0. The Hall–Kier alpha value is 0.550. The van der Waals surface area contributed by atoms with Gasteiger partial charge >= 0.3 is 159 Å². The van der Waals surface area contributed by atoms with Gasteiger partial charge in [0.2, 0.25) is 0 Å². The first-order valence-electron chi connectivity index (χ1n) is 8.49. The maximum atomic E-state index is 6.03. The van der Waals surface area contributed by atoms with Crippen molar-refractivity contribution in [3.63, 3.8) is 0 Å². The molecule has 0 saturated heterocycles. The summed E-state index contributed by atoms with van der Waals surface area (Å²) < 4.78 is 45.1. The zero-order valence-electron chi connectivity index (χ0n) is 16.9. The summed E-state index contributed by atoms with van der Waals surface area (Å²) in [5, 5.41) is 0. The Morgan fingerprint density at radius 2 is 0.680 bits per heavy atom. The molecule has 0 bridgehead atoms. The second kappa shape index (κ2) is 14.6. The van der Waals surface area contributed by atoms with E-state index in [0.29, 0.717) is 26.4 Å². The first kappa shape index (κ1) is 25.6. The van der Waals surface area contributed by atoms with Crippen LogP contribution in [-0.4, -0.2) is 79.3 Å². The third-order valence-electron chi connectivity index (χ3n) is 3.59. The van der Waals surface area contributed by atoms with Crippen molar-refractivity contribution >= 4 is 0 Å². The maximum absolute atomic E-state index is 6.03. The van der Waals surface area contributed by atoms with Crippen LogP contribution in [0.2, 0.25) is 0 Å². The van der Waals surface area contributed by atoms with Crippen LogP contribution in [0.5, 0.6) is 0 Å². The van der Waals surface area contributed by atoms with Crippen molar-refractivity contribution in [1.82, 2.24) is 0 Å². The average molecular weight is 535 g/mol. The van der Waals surface area contributed by atoms with Crippen LogP contribution in [0, 0.1) is 0 Å². The predicted molar refractivity (Wildman–Crippen MR) is 89.7 cm³/mol. The van der Waals surface area contributed by atoms with Crippen LogP contribution >= 0.6 is 0 Å². The number of hydrogen-bond donors (Lipinski definition) is 0. The van der Waals surface area contributed by atoms with Crippen molar-refractivity contribution in [1.29, 1.82) is 0 Å². The van der Waals surface area contributed by atoms with Crippen molar-refractivity contribution in [2.24, 2.45) is 0 Å². The molecular weight excluding hydrogens is 499 g/mol. The number of rotatable bonds is 16. The fourth-order valence-corrected chi connectivity index (χ4v) is 9.50. The third kappa shape index (κ3) is 11.8. The monoisotopic (exact) mass is 536 g/mol. The van der Waals surface area contributed by atoms with E-state index in [9.17, 15) is 0 Å². The van der Waals surface area contributed by atoms with E-state index in [4.69, 9.17) is 30.4 Å². The second-order valence-electron chi connectivity index (χ2n) is 5.93. The molecule has 4 unspecified atom stereocenters. The summed E-state index contributed by atoms with van der Waals surface area (Å²) in [6.07, 6.45) is -0.408. The van der Waals surface area contributed by atoms with Crippen molar-refractivity contribution < 1.29 is 52.1 Å². The van der Waals surface area contributed by atoms with E-state index in [1.807, 2.05) is 27.7 Å². The molecule has 0 radical (unpaired) electrons. The molecule has 8 nitrogen and oxygen atoms in total. The molecule has 0 aromatic rings. The van der Waals surface area contributed by atoms with Gasteiger partial charge in [-0.1, -0.05) is 0 Å². The summed E-state index contributed by atoms with van der Waals surface area (Å²) in [5.41, 5.74) is 0. The van der Waals surface area contributed by atoms with Gasteiger partial charge in [0, 0.05) is 0 Å². The first-order chi connectivity index (χ1) is 11.8. The van der Waals surface area contributed by atoms with Crippen LogP contribution in [0.15, 0.2) is 0 Å². The zero-order chi connectivity index (χ0) is 19.3. The van der Waals surface area contributed by atoms with Crippen LogP contribution in [0.4, 0.5) is 0 Å². The molecule has 0 fully saturated rings. The van der Waals surface area contributed by atoms with Crippen LogP contribution in [-0.2, 0) is 52.1 Å². The molecule has 0 heterocycles. The summed E-state index contributed by atoms with van der Waals surface area (Å²) in [6, 6.07) is 0. The Labute approximate surface area is 159 Å². The topological polar surface area (TPSA) is 73.8 Å². The van der Waals surface area contributed by atoms with Gasteiger partial charge in [0.25, 0.3) is 0 Å². The Kier molecular flexibility index (Phi) is 14.9. The second-order valence-corrected chi connectivity index (χ2v) is 13.7. The number of methoxy groups -OCH3 is 4. The Bertz CT molecular complexity index is 259. The summed E-state index contributed by atoms with van der Waals surface area (Å²) in [4.78, 5) is 0. The van der Waals surface area contributed by atoms with Gasteiger partial charge in [-0.15, -0.1) is 0 Å². The van der Waals surface area contributed by atoms with E-state index in [0.717, 1.165) is 0 Å². The van der Waals surface area contributed by atoms with E-state index < -0.39 is 21.7 Å². The molecule has 0 amide bonds. The molecular formula is C16H36HfO8. The van der Waals surface area contributed by atoms with Gasteiger partial charge in [0.15, 0.2) is 0 Å². The summed E-state index contributed by atoms with van der Waals surface area (Å²) in [7, 11) is 6.51. The van der Waals surface area contributed by atoms with Crippen molar-refractivity contribution in [3.05, 3.63) is 0 Å². The van der Waals surface area contributed by atoms with E-state index in [-0.39, 0.29) is 24.4 Å². The van der Waals surface area contributed by atoms with Gasteiger partial charge in [0.1, 0.15) is 0 Å². The minimum atomic E-state index is -4.47. The molecule has 9 heteroatoms. The van der Waals surface area contributed by atoms with Gasteiger partial charge in [-0.2, -0.15) is 0 Å². The van der Waals surface area contributed by atoms with Crippen LogP contribution < -0.4 is 0 Å². The van der Waals surface area contributed by atoms with Gasteiger partial charge in [-0.05, 0) is 0 Å². The standard InChI is InChI=1S/4C4H9O2.Hf/c4*1-4(3-5)6-2;/h4*4H,3H2,1-2H3;/q4*-1;+4. The molecule has 4 atom stereocenters.